The molecule has 1 aromatic heterocycles. The van der Waals surface area contributed by atoms with E-state index in [4.69, 9.17) is 0 Å². The summed E-state index contributed by atoms with van der Waals surface area (Å²) in [5.41, 5.74) is 0.952. The zero-order valence-electron chi connectivity index (χ0n) is 11.4. The molecule has 2 heterocycles. The molecule has 0 aromatic carbocycles. The summed E-state index contributed by atoms with van der Waals surface area (Å²) in [5.74, 6) is 0.391. The number of hydrogen-bond donors (Lipinski definition) is 1. The molecule has 1 aromatic rings. The molecule has 1 saturated heterocycles. The second-order valence-electron chi connectivity index (χ2n) is 5.19. The van der Waals surface area contributed by atoms with Crippen molar-refractivity contribution in [2.45, 2.75) is 46.1 Å². The Morgan fingerprint density at radius 2 is 2.17 bits per heavy atom. The van der Waals surface area contributed by atoms with E-state index in [2.05, 4.69) is 24.3 Å². The normalized spacial score (nSPS) is 18.8. The van der Waals surface area contributed by atoms with Gasteiger partial charge < -0.3 is 5.32 Å². The molecule has 0 spiro atoms. The van der Waals surface area contributed by atoms with Gasteiger partial charge in [-0.3, -0.25) is 9.48 Å². The van der Waals surface area contributed by atoms with Gasteiger partial charge in [0.2, 0.25) is 0 Å². The minimum Gasteiger partial charge on any atom is -0.317 e. The molecule has 0 atom stereocenters. The molecule has 1 N–H and O–H groups in total. The number of Topliss-reactive ketones (excluding diaryl/α,β-unsaturated/α-hetero) is 1. The quantitative estimate of drug-likeness (QED) is 0.865. The molecular formula is C14H23N3O. The lowest BCUT2D eigenvalue weighted by Crippen LogP contribution is -2.42. The summed E-state index contributed by atoms with van der Waals surface area (Å²) >= 11 is 0. The van der Waals surface area contributed by atoms with Crippen LogP contribution in [-0.2, 0) is 17.8 Å². The Labute approximate surface area is 109 Å². The van der Waals surface area contributed by atoms with Crippen molar-refractivity contribution in [1.29, 1.82) is 0 Å². The van der Waals surface area contributed by atoms with Crippen LogP contribution in [-0.4, -0.2) is 28.7 Å². The first-order chi connectivity index (χ1) is 8.70. The average Bonchev–Trinajstić information content (AvgIpc) is 2.87. The summed E-state index contributed by atoms with van der Waals surface area (Å²) in [6.45, 7) is 6.98. The van der Waals surface area contributed by atoms with Crippen LogP contribution in [0.15, 0.2) is 12.4 Å². The number of aromatic nitrogens is 2. The molecule has 4 heteroatoms. The number of nitrogens with zero attached hydrogens (tertiary/aromatic N) is 2. The number of ketones is 1. The van der Waals surface area contributed by atoms with E-state index in [1.165, 1.54) is 0 Å². The van der Waals surface area contributed by atoms with Crippen LogP contribution in [0.2, 0.25) is 0 Å². The minimum absolute atomic E-state index is 0.0977. The summed E-state index contributed by atoms with van der Waals surface area (Å²) in [7, 11) is 0. The fourth-order valence-corrected chi connectivity index (χ4v) is 2.78. The molecule has 2 rings (SSSR count). The Morgan fingerprint density at radius 1 is 1.44 bits per heavy atom. The summed E-state index contributed by atoms with van der Waals surface area (Å²) in [5, 5.41) is 7.57. The Hall–Kier alpha value is -1.16. The van der Waals surface area contributed by atoms with Gasteiger partial charge in [-0.1, -0.05) is 6.92 Å². The van der Waals surface area contributed by atoms with Crippen molar-refractivity contribution < 1.29 is 4.79 Å². The number of nitrogens with one attached hydrogen (secondary N) is 1. The zero-order valence-corrected chi connectivity index (χ0v) is 11.4. The van der Waals surface area contributed by atoms with E-state index >= 15 is 0 Å². The maximum atomic E-state index is 12.6. The first kappa shape index (κ1) is 13.3. The van der Waals surface area contributed by atoms with E-state index in [1.807, 2.05) is 17.1 Å². The lowest BCUT2D eigenvalue weighted by atomic mass is 9.72. The zero-order chi connectivity index (χ0) is 13.0. The maximum Gasteiger partial charge on any atom is 0.143 e. The van der Waals surface area contributed by atoms with Crippen LogP contribution in [0.5, 0.6) is 0 Å². The van der Waals surface area contributed by atoms with Crippen molar-refractivity contribution in [3.63, 3.8) is 0 Å². The highest BCUT2D eigenvalue weighted by molar-refractivity contribution is 5.86. The first-order valence-electron chi connectivity index (χ1n) is 6.95. The van der Waals surface area contributed by atoms with E-state index in [0.717, 1.165) is 44.5 Å². The SMILES string of the molecule is CCn1cc(CC(=O)C2(CC)CCNCC2)cn1. The lowest BCUT2D eigenvalue weighted by molar-refractivity contribution is -0.129. The van der Waals surface area contributed by atoms with E-state index in [9.17, 15) is 4.79 Å². The predicted molar refractivity (Wildman–Crippen MR) is 71.4 cm³/mol. The van der Waals surface area contributed by atoms with Crippen LogP contribution in [0.1, 0.15) is 38.7 Å². The lowest BCUT2D eigenvalue weighted by Gasteiger charge is -2.35. The summed E-state index contributed by atoms with van der Waals surface area (Å²) < 4.78 is 1.88. The second-order valence-corrected chi connectivity index (χ2v) is 5.19. The van der Waals surface area contributed by atoms with Gasteiger partial charge >= 0.3 is 0 Å². The molecule has 0 saturated carbocycles. The Balaban J connectivity index is 2.05. The third kappa shape index (κ3) is 2.64. The summed E-state index contributed by atoms with van der Waals surface area (Å²) in [6.07, 6.45) is 7.26. The smallest absolute Gasteiger partial charge is 0.143 e. The van der Waals surface area contributed by atoms with Crippen molar-refractivity contribution in [3.8, 4) is 0 Å². The average molecular weight is 249 g/mol. The van der Waals surface area contributed by atoms with Crippen LogP contribution in [0.3, 0.4) is 0 Å². The molecule has 0 amide bonds. The Kier molecular flexibility index (Phi) is 4.17. The van der Waals surface area contributed by atoms with Crippen LogP contribution >= 0.6 is 0 Å². The van der Waals surface area contributed by atoms with Gasteiger partial charge in [-0.25, -0.2) is 0 Å². The highest BCUT2D eigenvalue weighted by Crippen LogP contribution is 2.34. The number of aryl methyl sites for hydroxylation is 1. The number of rotatable bonds is 5. The molecule has 0 radical (unpaired) electrons. The molecule has 1 fully saturated rings. The Bertz CT molecular complexity index is 405. The molecule has 0 bridgehead atoms. The van der Waals surface area contributed by atoms with E-state index < -0.39 is 0 Å². The predicted octanol–water partition coefficient (Wildman–Crippen LogP) is 1.79. The molecule has 0 aliphatic carbocycles. The number of carbonyl (C=O) groups is 1. The highest BCUT2D eigenvalue weighted by Gasteiger charge is 2.37. The monoisotopic (exact) mass is 249 g/mol. The third-order valence-electron chi connectivity index (χ3n) is 4.20. The number of hydrogen-bond acceptors (Lipinski definition) is 3. The van der Waals surface area contributed by atoms with Crippen molar-refractivity contribution >= 4 is 5.78 Å². The van der Waals surface area contributed by atoms with Gasteiger partial charge in [0.1, 0.15) is 5.78 Å². The molecule has 1 aliphatic heterocycles. The van der Waals surface area contributed by atoms with Crippen molar-refractivity contribution in [2.24, 2.45) is 5.41 Å². The van der Waals surface area contributed by atoms with Crippen LogP contribution < -0.4 is 5.32 Å². The van der Waals surface area contributed by atoms with Gasteiger partial charge in [0.15, 0.2) is 0 Å². The second kappa shape index (κ2) is 5.65. The van der Waals surface area contributed by atoms with E-state index in [1.54, 1.807) is 0 Å². The standard InChI is InChI=1S/C14H23N3O/c1-3-14(5-7-15-8-6-14)13(18)9-12-10-16-17(4-2)11-12/h10-11,15H,3-9H2,1-2H3. The van der Waals surface area contributed by atoms with E-state index in [-0.39, 0.29) is 5.41 Å². The van der Waals surface area contributed by atoms with Gasteiger partial charge in [0.05, 0.1) is 6.20 Å². The summed E-state index contributed by atoms with van der Waals surface area (Å²) in [4.78, 5) is 12.6. The fraction of sp³-hybridized carbons (Fsp3) is 0.714. The Morgan fingerprint density at radius 3 is 2.72 bits per heavy atom. The molecule has 4 nitrogen and oxygen atoms in total. The van der Waals surface area contributed by atoms with Crippen molar-refractivity contribution in [3.05, 3.63) is 18.0 Å². The van der Waals surface area contributed by atoms with Crippen LogP contribution in [0.4, 0.5) is 0 Å². The van der Waals surface area contributed by atoms with Gasteiger partial charge in [0.25, 0.3) is 0 Å². The van der Waals surface area contributed by atoms with Gasteiger partial charge in [0, 0.05) is 24.6 Å². The third-order valence-corrected chi connectivity index (χ3v) is 4.20. The largest absolute Gasteiger partial charge is 0.317 e. The number of piperidine rings is 1. The molecule has 100 valence electrons. The fourth-order valence-electron chi connectivity index (χ4n) is 2.78. The maximum absolute atomic E-state index is 12.6. The van der Waals surface area contributed by atoms with Crippen molar-refractivity contribution in [2.75, 3.05) is 13.1 Å². The highest BCUT2D eigenvalue weighted by atomic mass is 16.1. The van der Waals surface area contributed by atoms with Gasteiger partial charge in [-0.15, -0.1) is 0 Å². The summed E-state index contributed by atoms with van der Waals surface area (Å²) in [6, 6.07) is 0. The van der Waals surface area contributed by atoms with E-state index in [0.29, 0.717) is 12.2 Å². The van der Waals surface area contributed by atoms with Crippen LogP contribution in [0, 0.1) is 5.41 Å². The molecule has 0 unspecified atom stereocenters. The topological polar surface area (TPSA) is 46.9 Å². The molecule has 18 heavy (non-hydrogen) atoms. The molecule has 1 aliphatic rings. The van der Waals surface area contributed by atoms with Crippen LogP contribution in [0.25, 0.3) is 0 Å². The molecular weight excluding hydrogens is 226 g/mol. The minimum atomic E-state index is -0.0977. The van der Waals surface area contributed by atoms with Crippen molar-refractivity contribution in [1.82, 2.24) is 15.1 Å². The van der Waals surface area contributed by atoms with Gasteiger partial charge in [-0.05, 0) is 44.8 Å². The number of carbonyl (C=O) groups excluding carboxylic acids is 1. The first-order valence-corrected chi connectivity index (χ1v) is 6.95. The van der Waals surface area contributed by atoms with Gasteiger partial charge in [-0.2, -0.15) is 5.10 Å².